The number of methoxy groups -OCH3 is 1. The van der Waals surface area contributed by atoms with Gasteiger partial charge < -0.3 is 20.1 Å². The number of benzene rings is 1. The summed E-state index contributed by atoms with van der Waals surface area (Å²) in [6, 6.07) is 7.13. The number of aromatic nitrogens is 1. The number of amides is 2. The van der Waals surface area contributed by atoms with Crippen LogP contribution in [0, 0.1) is 0 Å². The molecule has 2 aromatic rings. The first kappa shape index (κ1) is 18.2. The molecule has 0 aliphatic carbocycles. The van der Waals surface area contributed by atoms with E-state index in [-0.39, 0.29) is 11.5 Å². The molecule has 0 spiro atoms. The quantitative estimate of drug-likeness (QED) is 0.616. The van der Waals surface area contributed by atoms with Crippen molar-refractivity contribution in [3.8, 4) is 11.5 Å². The van der Waals surface area contributed by atoms with Crippen LogP contribution >= 0.6 is 11.8 Å². The van der Waals surface area contributed by atoms with Crippen molar-refractivity contribution >= 4 is 29.3 Å². The van der Waals surface area contributed by atoms with E-state index in [0.717, 1.165) is 21.9 Å². The Morgan fingerprint density at radius 2 is 2.19 bits per heavy atom. The Morgan fingerprint density at radius 1 is 1.35 bits per heavy atom. The van der Waals surface area contributed by atoms with Crippen LogP contribution in [0.2, 0.25) is 0 Å². The molecule has 1 atom stereocenters. The first-order valence-corrected chi connectivity index (χ1v) is 8.90. The van der Waals surface area contributed by atoms with E-state index in [4.69, 9.17) is 9.47 Å². The van der Waals surface area contributed by atoms with Crippen molar-refractivity contribution in [3.63, 3.8) is 0 Å². The van der Waals surface area contributed by atoms with Crippen LogP contribution < -0.4 is 30.7 Å². The predicted octanol–water partition coefficient (Wildman–Crippen LogP) is 2.44. The number of nitrogens with zero attached hydrogens (tertiary/aromatic N) is 1. The molecule has 1 aliphatic heterocycles. The van der Waals surface area contributed by atoms with Gasteiger partial charge in [-0.15, -0.1) is 0 Å². The summed E-state index contributed by atoms with van der Waals surface area (Å²) < 4.78 is 11.4. The topological polar surface area (TPSA) is 96.5 Å². The van der Waals surface area contributed by atoms with Crippen LogP contribution in [0.5, 0.6) is 11.5 Å². The maximum Gasteiger partial charge on any atom is 0.320 e. The second-order valence-corrected chi connectivity index (χ2v) is 6.62. The molecular weight excluding hydrogens is 354 g/mol. The van der Waals surface area contributed by atoms with Crippen LogP contribution in [0.1, 0.15) is 5.56 Å². The standard InChI is InChI=1S/C17H21N5O3S/c1-18-16(23)21-14-6-10(4-5-20-14)9-25-11-7-12(24-3)15-13(8-11)26-17(19-2)22-15/h4-8,17,19,22H,9H2,1-3H3,(H2,18,20,21,23). The summed E-state index contributed by atoms with van der Waals surface area (Å²) in [6.07, 6.45) is 1.63. The summed E-state index contributed by atoms with van der Waals surface area (Å²) in [5.74, 6) is 1.91. The lowest BCUT2D eigenvalue weighted by Gasteiger charge is -2.12. The molecule has 26 heavy (non-hydrogen) atoms. The van der Waals surface area contributed by atoms with Crippen LogP contribution in [0.25, 0.3) is 0 Å². The molecular formula is C17H21N5O3S. The second kappa shape index (κ2) is 8.15. The van der Waals surface area contributed by atoms with Gasteiger partial charge in [-0.25, -0.2) is 9.78 Å². The molecule has 3 rings (SSSR count). The van der Waals surface area contributed by atoms with E-state index in [1.165, 1.54) is 0 Å². The van der Waals surface area contributed by atoms with Crippen molar-refractivity contribution < 1.29 is 14.3 Å². The molecule has 0 fully saturated rings. The number of urea groups is 1. The average Bonchev–Trinajstić information content (AvgIpc) is 3.09. The number of carbonyl (C=O) groups is 1. The van der Waals surface area contributed by atoms with Gasteiger partial charge in [-0.1, -0.05) is 11.8 Å². The van der Waals surface area contributed by atoms with E-state index in [1.54, 1.807) is 38.2 Å². The van der Waals surface area contributed by atoms with E-state index in [2.05, 4.69) is 26.3 Å². The molecule has 0 bridgehead atoms. The highest BCUT2D eigenvalue weighted by molar-refractivity contribution is 8.00. The fourth-order valence-corrected chi connectivity index (χ4v) is 3.45. The lowest BCUT2D eigenvalue weighted by molar-refractivity contribution is 0.254. The summed E-state index contributed by atoms with van der Waals surface area (Å²) in [4.78, 5) is 16.6. The van der Waals surface area contributed by atoms with Crippen molar-refractivity contribution in [2.24, 2.45) is 0 Å². The van der Waals surface area contributed by atoms with Crippen molar-refractivity contribution in [1.29, 1.82) is 0 Å². The number of hydrogen-bond acceptors (Lipinski definition) is 7. The van der Waals surface area contributed by atoms with Gasteiger partial charge in [-0.05, 0) is 30.8 Å². The molecule has 2 heterocycles. The van der Waals surface area contributed by atoms with Crippen molar-refractivity contribution in [2.75, 3.05) is 31.8 Å². The number of anilines is 2. The number of carbonyl (C=O) groups excluding carboxylic acids is 1. The Bertz CT molecular complexity index is 802. The number of ether oxygens (including phenoxy) is 2. The first-order valence-electron chi connectivity index (χ1n) is 8.02. The number of thioether (sulfide) groups is 1. The summed E-state index contributed by atoms with van der Waals surface area (Å²) in [5.41, 5.74) is 1.96. The monoisotopic (exact) mass is 375 g/mol. The van der Waals surface area contributed by atoms with Crippen molar-refractivity contribution in [3.05, 3.63) is 36.0 Å². The third-order valence-corrected chi connectivity index (χ3v) is 4.91. The van der Waals surface area contributed by atoms with Crippen LogP contribution in [-0.2, 0) is 6.61 Å². The Kier molecular flexibility index (Phi) is 5.69. The van der Waals surface area contributed by atoms with E-state index >= 15 is 0 Å². The van der Waals surface area contributed by atoms with E-state index < -0.39 is 0 Å². The number of nitrogens with one attached hydrogen (secondary N) is 4. The molecule has 0 radical (unpaired) electrons. The summed E-state index contributed by atoms with van der Waals surface area (Å²) in [6.45, 7) is 0.348. The Morgan fingerprint density at radius 3 is 2.92 bits per heavy atom. The molecule has 0 saturated heterocycles. The van der Waals surface area contributed by atoms with Gasteiger partial charge in [-0.3, -0.25) is 10.6 Å². The van der Waals surface area contributed by atoms with Gasteiger partial charge >= 0.3 is 6.03 Å². The van der Waals surface area contributed by atoms with Crippen LogP contribution in [0.4, 0.5) is 16.3 Å². The molecule has 2 amide bonds. The zero-order valence-corrected chi connectivity index (χ0v) is 15.6. The molecule has 0 saturated carbocycles. The minimum atomic E-state index is -0.317. The van der Waals surface area contributed by atoms with Crippen LogP contribution in [-0.4, -0.2) is 37.7 Å². The average molecular weight is 375 g/mol. The normalized spacial score (nSPS) is 15.0. The van der Waals surface area contributed by atoms with Gasteiger partial charge in [0.1, 0.15) is 29.4 Å². The smallest absolute Gasteiger partial charge is 0.320 e. The van der Waals surface area contributed by atoms with Gasteiger partial charge in [0, 0.05) is 24.2 Å². The Balaban J connectivity index is 1.71. The molecule has 1 aromatic carbocycles. The van der Waals surface area contributed by atoms with Gasteiger partial charge in [0.2, 0.25) is 0 Å². The molecule has 4 N–H and O–H groups in total. The molecule has 1 aromatic heterocycles. The highest BCUT2D eigenvalue weighted by Crippen LogP contribution is 2.45. The molecule has 1 aliphatic rings. The Hall–Kier alpha value is -2.65. The minimum absolute atomic E-state index is 0.104. The number of rotatable bonds is 6. The summed E-state index contributed by atoms with van der Waals surface area (Å²) in [7, 11) is 5.08. The van der Waals surface area contributed by atoms with E-state index in [9.17, 15) is 4.79 Å². The Labute approximate surface area is 156 Å². The third-order valence-electron chi connectivity index (χ3n) is 3.74. The fraction of sp³-hybridized carbons (Fsp3) is 0.294. The summed E-state index contributed by atoms with van der Waals surface area (Å²) >= 11 is 1.67. The highest BCUT2D eigenvalue weighted by Gasteiger charge is 2.24. The number of hydrogen-bond donors (Lipinski definition) is 4. The largest absolute Gasteiger partial charge is 0.494 e. The SMILES string of the molecule is CNC(=O)Nc1cc(COc2cc(OC)c3c(c2)SC(NC)N3)ccn1. The minimum Gasteiger partial charge on any atom is -0.494 e. The van der Waals surface area contributed by atoms with E-state index in [1.807, 2.05) is 25.2 Å². The molecule has 138 valence electrons. The zero-order valence-electron chi connectivity index (χ0n) is 14.8. The number of pyridine rings is 1. The highest BCUT2D eigenvalue weighted by atomic mass is 32.2. The molecule has 9 heteroatoms. The van der Waals surface area contributed by atoms with Gasteiger partial charge in [0.25, 0.3) is 0 Å². The van der Waals surface area contributed by atoms with Gasteiger partial charge in [-0.2, -0.15) is 0 Å². The van der Waals surface area contributed by atoms with Crippen molar-refractivity contribution in [1.82, 2.24) is 15.6 Å². The third kappa shape index (κ3) is 4.12. The molecule has 1 unspecified atom stereocenters. The first-order chi connectivity index (χ1) is 12.6. The fourth-order valence-electron chi connectivity index (χ4n) is 2.44. The predicted molar refractivity (Wildman–Crippen MR) is 102 cm³/mol. The maximum absolute atomic E-state index is 11.4. The second-order valence-electron chi connectivity index (χ2n) is 5.47. The lowest BCUT2D eigenvalue weighted by atomic mass is 10.2. The lowest BCUT2D eigenvalue weighted by Crippen LogP contribution is -2.26. The van der Waals surface area contributed by atoms with Crippen LogP contribution in [0.3, 0.4) is 0 Å². The van der Waals surface area contributed by atoms with Crippen molar-refractivity contribution in [2.45, 2.75) is 17.0 Å². The summed E-state index contributed by atoms with van der Waals surface area (Å²) in [5, 5.41) is 11.7. The van der Waals surface area contributed by atoms with Crippen LogP contribution in [0.15, 0.2) is 35.4 Å². The molecule has 8 nitrogen and oxygen atoms in total. The maximum atomic E-state index is 11.4. The van der Waals surface area contributed by atoms with E-state index in [0.29, 0.717) is 18.2 Å². The van der Waals surface area contributed by atoms with Gasteiger partial charge in [0.15, 0.2) is 0 Å². The zero-order chi connectivity index (χ0) is 18.5. The van der Waals surface area contributed by atoms with Gasteiger partial charge in [0.05, 0.1) is 12.8 Å². The number of fused-ring (bicyclic) bond motifs is 1.